The van der Waals surface area contributed by atoms with Gasteiger partial charge in [-0.05, 0) is 56.5 Å². The number of carbonyl (C=O) groups excluding carboxylic acids is 1. The molecule has 5 heteroatoms. The van der Waals surface area contributed by atoms with E-state index < -0.39 is 0 Å². The Kier molecular flexibility index (Phi) is 7.30. The number of nitrogen functional groups attached to an aromatic ring is 1. The second-order valence-electron chi connectivity index (χ2n) is 6.99. The fourth-order valence-electron chi connectivity index (χ4n) is 3.58. The molecule has 2 aromatic carbocycles. The summed E-state index contributed by atoms with van der Waals surface area (Å²) in [4.78, 5) is 12.7. The van der Waals surface area contributed by atoms with Crippen LogP contribution in [-0.2, 0) is 6.42 Å². The molecule has 0 aliphatic heterocycles. The number of nitrogens with two attached hydrogens (primary N) is 1. The van der Waals surface area contributed by atoms with Crippen molar-refractivity contribution in [3.05, 3.63) is 88.7 Å². The predicted molar refractivity (Wildman–Crippen MR) is 118 cm³/mol. The molecule has 0 saturated heterocycles. The number of benzene rings is 2. The molecule has 1 heterocycles. The molecule has 0 fully saturated rings. The van der Waals surface area contributed by atoms with E-state index in [9.17, 15) is 4.79 Å². The largest absolute Gasteiger partial charge is 0.399 e. The van der Waals surface area contributed by atoms with Crippen LogP contribution in [0.5, 0.6) is 0 Å². The third-order valence-corrected chi connectivity index (χ3v) is 5.08. The van der Waals surface area contributed by atoms with Gasteiger partial charge >= 0.3 is 0 Å². The van der Waals surface area contributed by atoms with Gasteiger partial charge in [-0.3, -0.25) is 4.79 Å². The van der Waals surface area contributed by atoms with Crippen LogP contribution < -0.4 is 11.1 Å². The molecule has 28 heavy (non-hydrogen) atoms. The molecule has 1 unspecified atom stereocenters. The van der Waals surface area contributed by atoms with Crippen molar-refractivity contribution in [2.75, 3.05) is 12.3 Å². The summed E-state index contributed by atoms with van der Waals surface area (Å²) in [7, 11) is 0. The number of aryl methyl sites for hydroxylation is 1. The zero-order chi connectivity index (χ0) is 19.4. The molecule has 148 valence electrons. The number of carbonyl (C=O) groups is 1. The van der Waals surface area contributed by atoms with Crippen LogP contribution in [0.25, 0.3) is 0 Å². The van der Waals surface area contributed by atoms with E-state index in [1.807, 2.05) is 55.5 Å². The predicted octanol–water partition coefficient (Wildman–Crippen LogP) is 4.69. The standard InChI is InChI=1S/C23H27N3O.ClH/c1-16-15-22(18(3)26(16)17(2)20-7-5-4-6-8-20)23(27)25-14-13-19-9-11-21(24)12-10-19;/h4-12,15,17H,13-14,24H2,1-3H3,(H,25,27);1H. The van der Waals surface area contributed by atoms with Crippen LogP contribution in [-0.4, -0.2) is 17.0 Å². The van der Waals surface area contributed by atoms with Crippen molar-refractivity contribution in [3.8, 4) is 0 Å². The lowest BCUT2D eigenvalue weighted by molar-refractivity contribution is 0.0953. The van der Waals surface area contributed by atoms with E-state index in [1.54, 1.807) is 0 Å². The van der Waals surface area contributed by atoms with Crippen LogP contribution in [0.2, 0.25) is 0 Å². The number of anilines is 1. The van der Waals surface area contributed by atoms with E-state index in [4.69, 9.17) is 5.73 Å². The summed E-state index contributed by atoms with van der Waals surface area (Å²) in [6.45, 7) is 6.83. The van der Waals surface area contributed by atoms with Crippen LogP contribution in [0.15, 0.2) is 60.7 Å². The summed E-state index contributed by atoms with van der Waals surface area (Å²) in [5.74, 6) is -0.0231. The molecule has 0 radical (unpaired) electrons. The average Bonchev–Trinajstić information content (AvgIpc) is 2.97. The number of halogens is 1. The fourth-order valence-corrected chi connectivity index (χ4v) is 3.58. The highest BCUT2D eigenvalue weighted by Crippen LogP contribution is 2.25. The Morgan fingerprint density at radius 1 is 1.07 bits per heavy atom. The third kappa shape index (κ3) is 4.76. The molecular formula is C23H28ClN3O. The summed E-state index contributed by atoms with van der Waals surface area (Å²) in [5.41, 5.74) is 11.7. The van der Waals surface area contributed by atoms with Gasteiger partial charge in [0.25, 0.3) is 5.91 Å². The summed E-state index contributed by atoms with van der Waals surface area (Å²) >= 11 is 0. The Labute approximate surface area is 173 Å². The number of rotatable bonds is 6. The fraction of sp³-hybridized carbons (Fsp3) is 0.261. The molecule has 0 spiro atoms. The first-order valence-electron chi connectivity index (χ1n) is 9.33. The van der Waals surface area contributed by atoms with Crippen molar-refractivity contribution in [1.82, 2.24) is 9.88 Å². The maximum absolute atomic E-state index is 12.7. The van der Waals surface area contributed by atoms with Crippen LogP contribution >= 0.6 is 12.4 Å². The molecule has 3 aromatic rings. The molecule has 3 N–H and O–H groups in total. The zero-order valence-corrected chi connectivity index (χ0v) is 17.4. The number of nitrogens with zero attached hydrogens (tertiary/aromatic N) is 1. The Hall–Kier alpha value is -2.72. The van der Waals surface area contributed by atoms with Gasteiger partial charge in [-0.25, -0.2) is 0 Å². The van der Waals surface area contributed by atoms with Crippen molar-refractivity contribution in [3.63, 3.8) is 0 Å². The van der Waals surface area contributed by atoms with Gasteiger partial charge in [0.05, 0.1) is 11.6 Å². The number of nitrogens with one attached hydrogen (secondary N) is 1. The lowest BCUT2D eigenvalue weighted by Crippen LogP contribution is -2.26. The number of hydrogen-bond donors (Lipinski definition) is 2. The van der Waals surface area contributed by atoms with Gasteiger partial charge in [0.2, 0.25) is 0 Å². The van der Waals surface area contributed by atoms with Crippen molar-refractivity contribution < 1.29 is 4.79 Å². The summed E-state index contributed by atoms with van der Waals surface area (Å²) < 4.78 is 2.23. The maximum atomic E-state index is 12.7. The molecule has 1 aromatic heterocycles. The van der Waals surface area contributed by atoms with Crippen LogP contribution in [0.4, 0.5) is 5.69 Å². The van der Waals surface area contributed by atoms with E-state index in [0.717, 1.165) is 34.6 Å². The summed E-state index contributed by atoms with van der Waals surface area (Å²) in [6, 6.07) is 20.3. The van der Waals surface area contributed by atoms with Crippen LogP contribution in [0, 0.1) is 13.8 Å². The zero-order valence-electron chi connectivity index (χ0n) is 16.6. The highest BCUT2D eigenvalue weighted by molar-refractivity contribution is 5.95. The normalized spacial score (nSPS) is 11.5. The molecule has 3 rings (SSSR count). The minimum absolute atomic E-state index is 0. The minimum atomic E-state index is -0.0231. The maximum Gasteiger partial charge on any atom is 0.253 e. The number of amides is 1. The third-order valence-electron chi connectivity index (χ3n) is 5.08. The second-order valence-corrected chi connectivity index (χ2v) is 6.99. The van der Waals surface area contributed by atoms with Gasteiger partial charge in [-0.15, -0.1) is 12.4 Å². The first-order valence-corrected chi connectivity index (χ1v) is 9.33. The lowest BCUT2D eigenvalue weighted by Gasteiger charge is -2.19. The summed E-state index contributed by atoms with van der Waals surface area (Å²) in [6.07, 6.45) is 0.783. The Balaban J connectivity index is 0.00000280. The highest BCUT2D eigenvalue weighted by Gasteiger charge is 2.19. The molecule has 1 atom stereocenters. The average molecular weight is 398 g/mol. The quantitative estimate of drug-likeness (QED) is 0.592. The number of hydrogen-bond acceptors (Lipinski definition) is 2. The van der Waals surface area contributed by atoms with E-state index in [2.05, 4.69) is 35.9 Å². The molecule has 0 aliphatic carbocycles. The molecular weight excluding hydrogens is 370 g/mol. The highest BCUT2D eigenvalue weighted by atomic mass is 35.5. The Morgan fingerprint density at radius 3 is 2.36 bits per heavy atom. The Morgan fingerprint density at radius 2 is 1.71 bits per heavy atom. The van der Waals surface area contributed by atoms with Gasteiger partial charge in [0.15, 0.2) is 0 Å². The number of aromatic nitrogens is 1. The summed E-state index contributed by atoms with van der Waals surface area (Å²) in [5, 5.41) is 3.04. The van der Waals surface area contributed by atoms with Crippen molar-refractivity contribution >= 4 is 24.0 Å². The minimum Gasteiger partial charge on any atom is -0.399 e. The van der Waals surface area contributed by atoms with Gasteiger partial charge in [0, 0.05) is 23.6 Å². The first-order chi connectivity index (χ1) is 13.0. The van der Waals surface area contributed by atoms with Crippen LogP contribution in [0.1, 0.15) is 45.8 Å². The Bertz CT molecular complexity index is 917. The van der Waals surface area contributed by atoms with Crippen molar-refractivity contribution in [2.24, 2.45) is 0 Å². The molecule has 0 saturated carbocycles. The van der Waals surface area contributed by atoms with E-state index in [0.29, 0.717) is 6.54 Å². The molecule has 1 amide bonds. The SMILES string of the molecule is Cc1cc(C(=O)NCCc2ccc(N)cc2)c(C)n1C(C)c1ccccc1.Cl. The topological polar surface area (TPSA) is 60.1 Å². The first kappa shape index (κ1) is 21.6. The lowest BCUT2D eigenvalue weighted by atomic mass is 10.1. The van der Waals surface area contributed by atoms with Gasteiger partial charge in [-0.2, -0.15) is 0 Å². The van der Waals surface area contributed by atoms with Gasteiger partial charge in [-0.1, -0.05) is 42.5 Å². The van der Waals surface area contributed by atoms with Gasteiger partial charge < -0.3 is 15.6 Å². The van der Waals surface area contributed by atoms with Crippen molar-refractivity contribution in [1.29, 1.82) is 0 Å². The van der Waals surface area contributed by atoms with Crippen molar-refractivity contribution in [2.45, 2.75) is 33.2 Å². The van der Waals surface area contributed by atoms with E-state index in [1.165, 1.54) is 5.56 Å². The second kappa shape index (κ2) is 9.47. The van der Waals surface area contributed by atoms with E-state index >= 15 is 0 Å². The monoisotopic (exact) mass is 397 g/mol. The smallest absolute Gasteiger partial charge is 0.253 e. The molecule has 0 bridgehead atoms. The van der Waals surface area contributed by atoms with Gasteiger partial charge in [0.1, 0.15) is 0 Å². The van der Waals surface area contributed by atoms with Crippen LogP contribution in [0.3, 0.4) is 0 Å². The van der Waals surface area contributed by atoms with E-state index in [-0.39, 0.29) is 24.4 Å². The molecule has 0 aliphatic rings. The molecule has 4 nitrogen and oxygen atoms in total.